The highest BCUT2D eigenvalue weighted by atomic mass is 32.2. The summed E-state index contributed by atoms with van der Waals surface area (Å²) in [6.07, 6.45) is 0. The summed E-state index contributed by atoms with van der Waals surface area (Å²) in [6, 6.07) is 6.68. The van der Waals surface area contributed by atoms with Gasteiger partial charge >= 0.3 is 0 Å². The van der Waals surface area contributed by atoms with Gasteiger partial charge < -0.3 is 14.4 Å². The zero-order chi connectivity index (χ0) is 15.7. The molecule has 1 N–H and O–H groups in total. The third-order valence-electron chi connectivity index (χ3n) is 4.21. The second-order valence-corrected chi connectivity index (χ2v) is 7.03. The van der Waals surface area contributed by atoms with Gasteiger partial charge in [-0.1, -0.05) is 12.1 Å². The summed E-state index contributed by atoms with van der Waals surface area (Å²) in [7, 11) is -2.61. The Morgan fingerprint density at radius 1 is 1.52 bits per heavy atom. The Kier molecular flexibility index (Phi) is 4.35. The molecule has 0 radical (unpaired) electrons. The van der Waals surface area contributed by atoms with Crippen LogP contribution in [-0.4, -0.2) is 50.7 Å². The summed E-state index contributed by atoms with van der Waals surface area (Å²) in [5, 5.41) is 12.3. The van der Waals surface area contributed by atoms with E-state index in [0.29, 0.717) is 23.1 Å². The van der Waals surface area contributed by atoms with Gasteiger partial charge in [-0.25, -0.2) is 8.42 Å². The average Bonchev–Trinajstić information content (AvgIpc) is 2.38. The molecule has 0 bridgehead atoms. The molecule has 1 aliphatic rings. The molecule has 1 heterocycles. The molecule has 0 saturated carbocycles. The lowest BCUT2D eigenvalue weighted by Crippen LogP contribution is -2.58. The van der Waals surface area contributed by atoms with Crippen LogP contribution in [-0.2, 0) is 10.1 Å². The van der Waals surface area contributed by atoms with Crippen molar-refractivity contribution >= 4 is 10.1 Å². The molecule has 21 heavy (non-hydrogen) atoms. The van der Waals surface area contributed by atoms with Crippen LogP contribution >= 0.6 is 0 Å². The zero-order valence-corrected chi connectivity index (χ0v) is 13.0. The predicted octanol–water partition coefficient (Wildman–Crippen LogP) is 0.514. The molecular weight excluding hydrogens is 290 g/mol. The lowest BCUT2D eigenvalue weighted by Gasteiger charge is -2.44. The van der Waals surface area contributed by atoms with Crippen LogP contribution in [0, 0.1) is 18.3 Å². The minimum Gasteiger partial charge on any atom is -0.744 e. The third-order valence-corrected chi connectivity index (χ3v) is 5.10. The molecule has 1 aromatic rings. The molecule has 6 nitrogen and oxygen atoms in total. The highest BCUT2D eigenvalue weighted by molar-refractivity contribution is 7.85. The Balaban J connectivity index is 2.62. The van der Waals surface area contributed by atoms with Crippen molar-refractivity contribution in [1.29, 1.82) is 5.26 Å². The van der Waals surface area contributed by atoms with Crippen LogP contribution in [0.4, 0.5) is 0 Å². The lowest BCUT2D eigenvalue weighted by atomic mass is 9.96. The van der Waals surface area contributed by atoms with Crippen molar-refractivity contribution in [3.05, 3.63) is 29.3 Å². The monoisotopic (exact) mass is 309 g/mol. The first kappa shape index (κ1) is 15.9. The molecule has 1 aromatic carbocycles. The summed E-state index contributed by atoms with van der Waals surface area (Å²) in [6.45, 7) is 4.10. The molecule has 0 spiro atoms. The van der Waals surface area contributed by atoms with Crippen LogP contribution in [0.2, 0.25) is 0 Å². The molecule has 2 atom stereocenters. The Morgan fingerprint density at radius 2 is 2.24 bits per heavy atom. The molecule has 114 valence electrons. The Morgan fingerprint density at radius 3 is 2.86 bits per heavy atom. The van der Waals surface area contributed by atoms with E-state index >= 15 is 0 Å². The van der Waals surface area contributed by atoms with Gasteiger partial charge in [0.15, 0.2) is 6.54 Å². The Labute approximate surface area is 125 Å². The largest absolute Gasteiger partial charge is 0.744 e. The summed E-state index contributed by atoms with van der Waals surface area (Å²) >= 11 is 0. The van der Waals surface area contributed by atoms with Crippen molar-refractivity contribution in [2.24, 2.45) is 0 Å². The first-order chi connectivity index (χ1) is 9.79. The molecule has 1 saturated heterocycles. The SMILES string of the molecule is Cc1cccc(S(=O)(=O)[O-])c1C1CNCC[N+]1(C)CC#N. The predicted molar refractivity (Wildman–Crippen MR) is 76.3 cm³/mol. The molecule has 0 aromatic heterocycles. The number of benzene rings is 1. The van der Waals surface area contributed by atoms with Crippen molar-refractivity contribution < 1.29 is 17.5 Å². The second kappa shape index (κ2) is 5.73. The van der Waals surface area contributed by atoms with Crippen molar-refractivity contribution in [3.63, 3.8) is 0 Å². The van der Waals surface area contributed by atoms with E-state index < -0.39 is 10.1 Å². The standard InChI is InChI=1S/C14H19N3O3S/c1-11-4-3-5-13(21(18,19)20)14(11)12-10-16-7-9-17(12,2)8-6-15/h3-5,12,16H,7-10H2,1-2H3. The van der Waals surface area contributed by atoms with Gasteiger partial charge in [0.05, 0.1) is 25.0 Å². The maximum Gasteiger partial charge on any atom is 0.166 e. The normalized spacial score (nSPS) is 26.3. The summed E-state index contributed by atoms with van der Waals surface area (Å²) < 4.78 is 35.1. The summed E-state index contributed by atoms with van der Waals surface area (Å²) in [5.74, 6) is 0. The number of quaternary nitrogens is 1. The van der Waals surface area contributed by atoms with Crippen molar-refractivity contribution in [3.8, 4) is 6.07 Å². The molecule has 2 unspecified atom stereocenters. The average molecular weight is 309 g/mol. The lowest BCUT2D eigenvalue weighted by molar-refractivity contribution is -0.935. The Bertz CT molecular complexity index is 681. The van der Waals surface area contributed by atoms with Crippen LogP contribution < -0.4 is 5.32 Å². The topological polar surface area (TPSA) is 93.0 Å². The van der Waals surface area contributed by atoms with E-state index in [-0.39, 0.29) is 17.5 Å². The van der Waals surface area contributed by atoms with Crippen LogP contribution in [0.25, 0.3) is 0 Å². The number of nitrogens with one attached hydrogen (secondary N) is 1. The van der Waals surface area contributed by atoms with Crippen LogP contribution in [0.15, 0.2) is 23.1 Å². The Hall–Kier alpha value is -1.46. The number of hydrogen-bond donors (Lipinski definition) is 1. The van der Waals surface area contributed by atoms with Crippen molar-refractivity contribution in [2.75, 3.05) is 33.2 Å². The van der Waals surface area contributed by atoms with Gasteiger partial charge in [-0.2, -0.15) is 5.26 Å². The summed E-state index contributed by atoms with van der Waals surface area (Å²) in [4.78, 5) is -0.168. The van der Waals surface area contributed by atoms with Gasteiger partial charge in [0.1, 0.15) is 22.2 Å². The molecule has 1 fully saturated rings. The van der Waals surface area contributed by atoms with Crippen LogP contribution in [0.3, 0.4) is 0 Å². The van der Waals surface area contributed by atoms with Gasteiger partial charge in [-0.05, 0) is 18.6 Å². The minimum atomic E-state index is -4.54. The van der Waals surface area contributed by atoms with E-state index in [0.717, 1.165) is 12.1 Å². The molecule has 2 rings (SSSR count). The minimum absolute atomic E-state index is 0.168. The number of rotatable bonds is 3. The number of aryl methyl sites for hydroxylation is 1. The number of piperazine rings is 1. The zero-order valence-electron chi connectivity index (χ0n) is 12.2. The quantitative estimate of drug-likeness (QED) is 0.499. The van der Waals surface area contributed by atoms with Gasteiger partial charge in [0.25, 0.3) is 0 Å². The second-order valence-electron chi connectivity index (χ2n) is 5.68. The molecule has 0 amide bonds. The molecule has 1 aliphatic heterocycles. The fraction of sp³-hybridized carbons (Fsp3) is 0.500. The third kappa shape index (κ3) is 3.09. The number of nitriles is 1. The van der Waals surface area contributed by atoms with E-state index in [1.807, 2.05) is 7.05 Å². The van der Waals surface area contributed by atoms with E-state index in [9.17, 15) is 13.0 Å². The summed E-state index contributed by atoms with van der Waals surface area (Å²) in [5.41, 5.74) is 1.31. The van der Waals surface area contributed by atoms with E-state index in [1.54, 1.807) is 19.1 Å². The van der Waals surface area contributed by atoms with E-state index in [1.165, 1.54) is 6.07 Å². The smallest absolute Gasteiger partial charge is 0.166 e. The van der Waals surface area contributed by atoms with E-state index in [4.69, 9.17) is 5.26 Å². The van der Waals surface area contributed by atoms with Gasteiger partial charge in [-0.3, -0.25) is 0 Å². The fourth-order valence-corrected chi connectivity index (χ4v) is 3.82. The maximum atomic E-state index is 11.6. The molecular formula is C14H19N3O3S. The highest BCUT2D eigenvalue weighted by Crippen LogP contribution is 2.34. The molecule has 0 aliphatic carbocycles. The van der Waals surface area contributed by atoms with Gasteiger partial charge in [-0.15, -0.1) is 0 Å². The first-order valence-electron chi connectivity index (χ1n) is 6.77. The van der Waals surface area contributed by atoms with E-state index in [2.05, 4.69) is 11.4 Å². The van der Waals surface area contributed by atoms with Crippen molar-refractivity contribution in [2.45, 2.75) is 17.9 Å². The number of nitrogens with zero attached hydrogens (tertiary/aromatic N) is 2. The number of likely N-dealkylation sites (N-methyl/N-ethyl adjacent to an activating group) is 1. The van der Waals surface area contributed by atoms with Crippen LogP contribution in [0.1, 0.15) is 17.2 Å². The van der Waals surface area contributed by atoms with Gasteiger partial charge in [0, 0.05) is 12.1 Å². The fourth-order valence-electron chi connectivity index (χ4n) is 3.01. The number of hydrogen-bond acceptors (Lipinski definition) is 5. The van der Waals surface area contributed by atoms with Gasteiger partial charge in [0.2, 0.25) is 0 Å². The van der Waals surface area contributed by atoms with Crippen molar-refractivity contribution in [1.82, 2.24) is 5.32 Å². The van der Waals surface area contributed by atoms with Crippen LogP contribution in [0.5, 0.6) is 0 Å². The molecule has 7 heteroatoms. The first-order valence-corrected chi connectivity index (χ1v) is 8.18. The highest BCUT2D eigenvalue weighted by Gasteiger charge is 2.39. The maximum absolute atomic E-state index is 11.6.